The molecule has 1 aromatic carbocycles. The predicted molar refractivity (Wildman–Crippen MR) is 99.1 cm³/mol. The molecule has 5 heteroatoms. The lowest BCUT2D eigenvalue weighted by Gasteiger charge is -2.31. The van der Waals surface area contributed by atoms with E-state index in [1.807, 2.05) is 32.9 Å². The van der Waals surface area contributed by atoms with Gasteiger partial charge in [0.15, 0.2) is 5.78 Å². The highest BCUT2D eigenvalue weighted by molar-refractivity contribution is 5.94. The standard InChI is InChI=1S/C21H25FN2O2/c1-12-23-18(11-20(26)24-12)19(25)10-16(21(2,3)4)14-7-8-15(13-5-6-13)17(22)9-14/h7-9,11,13,16H,5-6,10H2,1-4H3,(H,23,24,26)/t16-/m0/s1. The molecule has 1 fully saturated rings. The smallest absolute Gasteiger partial charge is 0.251 e. The monoisotopic (exact) mass is 356 g/mol. The Morgan fingerprint density at radius 1 is 1.31 bits per heavy atom. The number of benzene rings is 1. The van der Waals surface area contributed by atoms with Gasteiger partial charge in [0.25, 0.3) is 5.56 Å². The average Bonchev–Trinajstić information content (AvgIpc) is 3.35. The molecule has 138 valence electrons. The maximum Gasteiger partial charge on any atom is 0.251 e. The molecule has 1 aromatic heterocycles. The number of ketones is 1. The normalized spacial score (nSPS) is 15.7. The first-order valence-corrected chi connectivity index (χ1v) is 9.05. The van der Waals surface area contributed by atoms with Crippen LogP contribution in [0.3, 0.4) is 0 Å². The quantitative estimate of drug-likeness (QED) is 0.803. The first kappa shape index (κ1) is 18.5. The third kappa shape index (κ3) is 4.09. The van der Waals surface area contributed by atoms with Crippen LogP contribution in [0.1, 0.15) is 79.3 Å². The van der Waals surface area contributed by atoms with E-state index in [4.69, 9.17) is 0 Å². The fourth-order valence-corrected chi connectivity index (χ4v) is 3.42. The summed E-state index contributed by atoms with van der Waals surface area (Å²) in [5.74, 6) is 0.205. The second-order valence-corrected chi connectivity index (χ2v) is 8.32. The number of carbonyl (C=O) groups is 1. The maximum atomic E-state index is 14.5. The van der Waals surface area contributed by atoms with Gasteiger partial charge in [-0.2, -0.15) is 0 Å². The molecule has 0 spiro atoms. The number of nitrogens with zero attached hydrogens (tertiary/aromatic N) is 1. The van der Waals surface area contributed by atoms with E-state index in [9.17, 15) is 14.0 Å². The number of nitrogens with one attached hydrogen (secondary N) is 1. The summed E-state index contributed by atoms with van der Waals surface area (Å²) < 4.78 is 14.5. The van der Waals surface area contributed by atoms with Crippen molar-refractivity contribution in [3.8, 4) is 0 Å². The lowest BCUT2D eigenvalue weighted by Crippen LogP contribution is -2.23. The van der Waals surface area contributed by atoms with Crippen LogP contribution in [0.15, 0.2) is 29.1 Å². The van der Waals surface area contributed by atoms with Gasteiger partial charge in [0.1, 0.15) is 17.3 Å². The molecule has 1 aliphatic carbocycles. The SMILES string of the molecule is Cc1nc(C(=O)C[C@@H](c2ccc(C3CC3)c(F)c2)C(C)(C)C)cc(=O)[nH]1. The highest BCUT2D eigenvalue weighted by Gasteiger charge is 2.32. The van der Waals surface area contributed by atoms with Crippen LogP contribution in [-0.4, -0.2) is 15.8 Å². The minimum Gasteiger partial charge on any atom is -0.311 e. The van der Waals surface area contributed by atoms with E-state index in [2.05, 4.69) is 9.97 Å². The van der Waals surface area contributed by atoms with E-state index in [-0.39, 0.29) is 40.6 Å². The molecule has 0 bridgehead atoms. The van der Waals surface area contributed by atoms with Crippen LogP contribution in [0, 0.1) is 18.2 Å². The molecule has 4 nitrogen and oxygen atoms in total. The number of carbonyl (C=O) groups excluding carboxylic acids is 1. The zero-order valence-electron chi connectivity index (χ0n) is 15.7. The lowest BCUT2D eigenvalue weighted by molar-refractivity contribution is 0.0945. The van der Waals surface area contributed by atoms with Crippen LogP contribution >= 0.6 is 0 Å². The van der Waals surface area contributed by atoms with E-state index in [0.29, 0.717) is 11.7 Å². The van der Waals surface area contributed by atoms with Crippen molar-refractivity contribution in [1.29, 1.82) is 0 Å². The molecule has 0 aliphatic heterocycles. The highest BCUT2D eigenvalue weighted by Crippen LogP contribution is 2.43. The topological polar surface area (TPSA) is 62.8 Å². The Morgan fingerprint density at radius 3 is 2.54 bits per heavy atom. The van der Waals surface area contributed by atoms with Gasteiger partial charge in [0, 0.05) is 12.5 Å². The summed E-state index contributed by atoms with van der Waals surface area (Å²) >= 11 is 0. The first-order chi connectivity index (χ1) is 12.1. The van der Waals surface area contributed by atoms with Gasteiger partial charge in [-0.25, -0.2) is 9.37 Å². The van der Waals surface area contributed by atoms with Crippen LogP contribution in [0.2, 0.25) is 0 Å². The molecule has 0 saturated heterocycles. The van der Waals surface area contributed by atoms with Crippen molar-refractivity contribution in [3.05, 3.63) is 63.1 Å². The molecule has 1 saturated carbocycles. The average molecular weight is 356 g/mol. The zero-order chi connectivity index (χ0) is 19.1. The third-order valence-corrected chi connectivity index (χ3v) is 5.02. The molecule has 0 radical (unpaired) electrons. The van der Waals surface area contributed by atoms with E-state index in [1.54, 1.807) is 13.0 Å². The van der Waals surface area contributed by atoms with Crippen LogP contribution in [0.5, 0.6) is 0 Å². The lowest BCUT2D eigenvalue weighted by atomic mass is 9.73. The minimum absolute atomic E-state index is 0.163. The fourth-order valence-electron chi connectivity index (χ4n) is 3.42. The van der Waals surface area contributed by atoms with Gasteiger partial charge >= 0.3 is 0 Å². The first-order valence-electron chi connectivity index (χ1n) is 9.05. The van der Waals surface area contributed by atoms with E-state index >= 15 is 0 Å². The summed E-state index contributed by atoms with van der Waals surface area (Å²) in [5.41, 5.74) is 1.18. The molecule has 26 heavy (non-hydrogen) atoms. The Morgan fingerprint density at radius 2 is 2.00 bits per heavy atom. The molecule has 0 unspecified atom stereocenters. The number of H-pyrrole nitrogens is 1. The van der Waals surface area contributed by atoms with Crippen LogP contribution in [0.25, 0.3) is 0 Å². The Kier molecular flexibility index (Phi) is 4.82. The molecule has 3 rings (SSSR count). The van der Waals surface area contributed by atoms with Crippen molar-refractivity contribution in [2.45, 2.75) is 58.8 Å². The van der Waals surface area contributed by atoms with Crippen molar-refractivity contribution >= 4 is 5.78 Å². The van der Waals surface area contributed by atoms with E-state index < -0.39 is 0 Å². The minimum atomic E-state index is -0.340. The highest BCUT2D eigenvalue weighted by atomic mass is 19.1. The van der Waals surface area contributed by atoms with Crippen molar-refractivity contribution in [2.75, 3.05) is 0 Å². The van der Waals surface area contributed by atoms with Gasteiger partial charge in [0.2, 0.25) is 0 Å². The molecule has 1 N–H and O–H groups in total. The Balaban J connectivity index is 1.90. The predicted octanol–water partition coefficient (Wildman–Crippen LogP) is 4.50. The molecular weight excluding hydrogens is 331 g/mol. The Labute approximate surface area is 152 Å². The van der Waals surface area contributed by atoms with Crippen LogP contribution in [0.4, 0.5) is 4.39 Å². The molecule has 2 aromatic rings. The largest absolute Gasteiger partial charge is 0.311 e. The second-order valence-electron chi connectivity index (χ2n) is 8.32. The second kappa shape index (κ2) is 6.78. The summed E-state index contributed by atoms with van der Waals surface area (Å²) in [5, 5.41) is 0. The third-order valence-electron chi connectivity index (χ3n) is 5.02. The molecule has 0 amide bonds. The number of hydrogen-bond donors (Lipinski definition) is 1. The van der Waals surface area contributed by atoms with Gasteiger partial charge in [-0.15, -0.1) is 0 Å². The van der Waals surface area contributed by atoms with Gasteiger partial charge in [-0.3, -0.25) is 9.59 Å². The number of aromatic amines is 1. The van der Waals surface area contributed by atoms with Gasteiger partial charge < -0.3 is 4.98 Å². The summed E-state index contributed by atoms with van der Waals surface area (Å²) in [6.07, 6.45) is 2.28. The summed E-state index contributed by atoms with van der Waals surface area (Å²) in [6.45, 7) is 7.75. The van der Waals surface area contributed by atoms with Crippen LogP contribution < -0.4 is 5.56 Å². The Bertz CT molecular complexity index is 892. The zero-order valence-corrected chi connectivity index (χ0v) is 15.7. The maximum absolute atomic E-state index is 14.5. The van der Waals surface area contributed by atoms with Crippen LogP contribution in [-0.2, 0) is 0 Å². The number of rotatable bonds is 5. The summed E-state index contributed by atoms with van der Waals surface area (Å²) in [4.78, 5) is 31.1. The van der Waals surface area contributed by atoms with Gasteiger partial charge in [-0.05, 0) is 54.2 Å². The van der Waals surface area contributed by atoms with E-state index in [0.717, 1.165) is 24.0 Å². The van der Waals surface area contributed by atoms with Crippen molar-refractivity contribution in [1.82, 2.24) is 9.97 Å². The molecule has 1 atom stereocenters. The number of aromatic nitrogens is 2. The number of aryl methyl sites for hydroxylation is 1. The van der Waals surface area contributed by atoms with Gasteiger partial charge in [-0.1, -0.05) is 32.9 Å². The fraction of sp³-hybridized carbons (Fsp3) is 0.476. The van der Waals surface area contributed by atoms with Crippen molar-refractivity contribution in [3.63, 3.8) is 0 Å². The summed E-state index contributed by atoms with van der Waals surface area (Å²) in [7, 11) is 0. The number of hydrogen-bond acceptors (Lipinski definition) is 3. The van der Waals surface area contributed by atoms with Crippen molar-refractivity contribution < 1.29 is 9.18 Å². The van der Waals surface area contributed by atoms with Gasteiger partial charge in [0.05, 0.1) is 0 Å². The summed E-state index contributed by atoms with van der Waals surface area (Å²) in [6, 6.07) is 6.61. The Hall–Kier alpha value is -2.30. The van der Waals surface area contributed by atoms with E-state index in [1.165, 1.54) is 6.07 Å². The number of Topliss-reactive ketones (excluding diaryl/α,β-unsaturated/α-hetero) is 1. The number of halogens is 1. The molecule has 1 heterocycles. The molecule has 1 aliphatic rings. The van der Waals surface area contributed by atoms with Crippen molar-refractivity contribution in [2.24, 2.45) is 5.41 Å². The molecular formula is C21H25FN2O2.